The van der Waals surface area contributed by atoms with Crippen LogP contribution in [0.2, 0.25) is 0 Å². The van der Waals surface area contributed by atoms with Gasteiger partial charge in [-0.15, -0.1) is 0 Å². The minimum atomic E-state index is -0.776. The molecule has 0 aliphatic carbocycles. The van der Waals surface area contributed by atoms with Gasteiger partial charge in [-0.25, -0.2) is 0 Å². The van der Waals surface area contributed by atoms with Crippen LogP contribution in [0.4, 0.5) is 0 Å². The number of hydrogen-bond donors (Lipinski definition) is 0. The smallest absolute Gasteiger partial charge is 0.306 e. The molecule has 0 saturated carbocycles. The maximum absolute atomic E-state index is 12.9. The van der Waals surface area contributed by atoms with Crippen molar-refractivity contribution in [1.82, 2.24) is 0 Å². The van der Waals surface area contributed by atoms with Gasteiger partial charge in [0.1, 0.15) is 13.2 Å². The first-order valence-electron chi connectivity index (χ1n) is 36.5. The molecule has 0 aromatic carbocycles. The minimum absolute atomic E-state index is 0.0722. The van der Waals surface area contributed by atoms with Crippen LogP contribution in [0, 0.1) is 0 Å². The lowest BCUT2D eigenvalue weighted by molar-refractivity contribution is -0.167. The molecular weight excluding hydrogens is 997 g/mol. The molecule has 476 valence electrons. The average molecular weight is 1140 g/mol. The van der Waals surface area contributed by atoms with Crippen LogP contribution in [0.25, 0.3) is 0 Å². The molecule has 0 aliphatic heterocycles. The van der Waals surface area contributed by atoms with Gasteiger partial charge in [0.05, 0.1) is 0 Å². The summed E-state index contributed by atoms with van der Waals surface area (Å²) in [5, 5.41) is 0. The summed E-state index contributed by atoms with van der Waals surface area (Å²) in [7, 11) is 0. The fourth-order valence-corrected chi connectivity index (χ4v) is 11.2. The Labute approximate surface area is 506 Å². The second-order valence-corrected chi connectivity index (χ2v) is 24.9. The van der Waals surface area contributed by atoms with Crippen molar-refractivity contribution >= 4 is 17.9 Å². The maximum Gasteiger partial charge on any atom is 0.306 e. The van der Waals surface area contributed by atoms with Crippen LogP contribution < -0.4 is 0 Å². The highest BCUT2D eigenvalue weighted by atomic mass is 16.6. The number of unbranched alkanes of at least 4 members (excludes halogenated alkanes) is 51. The molecular formula is C75H140O6. The van der Waals surface area contributed by atoms with Crippen LogP contribution >= 0.6 is 0 Å². The predicted octanol–water partition coefficient (Wildman–Crippen LogP) is 25.1. The topological polar surface area (TPSA) is 78.9 Å². The standard InChI is InChI=1S/C75H140O6/c1-4-7-10-13-16-19-22-24-26-28-30-31-32-33-34-35-36-37-38-39-40-41-42-43-45-46-48-50-53-56-59-62-65-68-74(77)80-71-72(70-79-73(76)67-64-61-58-55-52-21-18-15-12-9-6-3)81-75(78)69-66-63-60-57-54-51-49-47-44-29-27-25-23-20-17-14-11-8-5-2/h17,20,25,27,44,47,72H,4-16,18-19,21-24,26,28-43,45-46,48-71H2,1-3H3/b20-17-,27-25-,47-44-. The molecule has 0 rings (SSSR count). The van der Waals surface area contributed by atoms with Crippen LogP contribution in [-0.2, 0) is 28.6 Å². The highest BCUT2D eigenvalue weighted by Gasteiger charge is 2.19. The monoisotopic (exact) mass is 1140 g/mol. The molecule has 0 spiro atoms. The predicted molar refractivity (Wildman–Crippen MR) is 353 cm³/mol. The van der Waals surface area contributed by atoms with Gasteiger partial charge >= 0.3 is 17.9 Å². The van der Waals surface area contributed by atoms with Crippen molar-refractivity contribution in [3.05, 3.63) is 36.5 Å². The van der Waals surface area contributed by atoms with Crippen molar-refractivity contribution in [1.29, 1.82) is 0 Å². The summed E-state index contributed by atoms with van der Waals surface area (Å²) in [6.45, 7) is 6.66. The van der Waals surface area contributed by atoms with Gasteiger partial charge < -0.3 is 14.2 Å². The summed E-state index contributed by atoms with van der Waals surface area (Å²) >= 11 is 0. The van der Waals surface area contributed by atoms with E-state index in [-0.39, 0.29) is 31.1 Å². The number of rotatable bonds is 68. The Hall–Kier alpha value is -2.37. The summed E-state index contributed by atoms with van der Waals surface area (Å²) in [5.41, 5.74) is 0. The Morgan fingerprint density at radius 1 is 0.247 bits per heavy atom. The van der Waals surface area contributed by atoms with Crippen LogP contribution in [0.1, 0.15) is 406 Å². The van der Waals surface area contributed by atoms with E-state index >= 15 is 0 Å². The van der Waals surface area contributed by atoms with E-state index in [0.29, 0.717) is 19.3 Å². The molecule has 0 aromatic heterocycles. The zero-order valence-corrected chi connectivity index (χ0v) is 54.8. The molecule has 81 heavy (non-hydrogen) atoms. The van der Waals surface area contributed by atoms with Crippen molar-refractivity contribution in [3.63, 3.8) is 0 Å². The fraction of sp³-hybridized carbons (Fsp3) is 0.880. The third-order valence-corrected chi connectivity index (χ3v) is 16.6. The van der Waals surface area contributed by atoms with Gasteiger partial charge in [0, 0.05) is 19.3 Å². The van der Waals surface area contributed by atoms with E-state index in [4.69, 9.17) is 14.2 Å². The minimum Gasteiger partial charge on any atom is -0.462 e. The van der Waals surface area contributed by atoms with Gasteiger partial charge in [0.25, 0.3) is 0 Å². The maximum atomic E-state index is 12.9. The highest BCUT2D eigenvalue weighted by molar-refractivity contribution is 5.71. The van der Waals surface area contributed by atoms with Gasteiger partial charge in [-0.2, -0.15) is 0 Å². The van der Waals surface area contributed by atoms with Crippen molar-refractivity contribution in [3.8, 4) is 0 Å². The number of hydrogen-bond acceptors (Lipinski definition) is 6. The van der Waals surface area contributed by atoms with Crippen LogP contribution in [0.3, 0.4) is 0 Å². The summed E-state index contributed by atoms with van der Waals surface area (Å²) in [6.07, 6.45) is 87.7. The average Bonchev–Trinajstić information content (AvgIpc) is 3.47. The third kappa shape index (κ3) is 68.3. The van der Waals surface area contributed by atoms with E-state index in [2.05, 4.69) is 57.2 Å². The quantitative estimate of drug-likeness (QED) is 0.0261. The van der Waals surface area contributed by atoms with E-state index in [1.807, 2.05) is 0 Å². The van der Waals surface area contributed by atoms with Gasteiger partial charge in [0.15, 0.2) is 6.10 Å². The highest BCUT2D eigenvalue weighted by Crippen LogP contribution is 2.19. The molecule has 1 atom stereocenters. The first-order valence-corrected chi connectivity index (χ1v) is 36.5. The molecule has 0 amide bonds. The SMILES string of the molecule is CCCCC/C=C\C/C=C\C/C=C\CCCCCCCCC(=O)OC(COC(=O)CCCCCCCCCCCCC)COC(=O)CCCCCCCCCCCCCCCCCCCCCCCCCCCCCCCCCCC. The number of carbonyl (C=O) groups is 3. The van der Waals surface area contributed by atoms with Crippen LogP contribution in [-0.4, -0.2) is 37.2 Å². The zero-order valence-electron chi connectivity index (χ0n) is 54.8. The van der Waals surface area contributed by atoms with E-state index in [1.54, 1.807) is 0 Å². The number of carbonyl (C=O) groups excluding carboxylic acids is 3. The van der Waals surface area contributed by atoms with Gasteiger partial charge in [0.2, 0.25) is 0 Å². The summed E-state index contributed by atoms with van der Waals surface area (Å²) < 4.78 is 17.0. The van der Waals surface area contributed by atoms with E-state index < -0.39 is 6.10 Å². The normalized spacial score (nSPS) is 12.2. The van der Waals surface area contributed by atoms with Crippen LogP contribution in [0.15, 0.2) is 36.5 Å². The number of ether oxygens (including phenoxy) is 3. The molecule has 0 heterocycles. The first kappa shape index (κ1) is 78.6. The number of allylic oxidation sites excluding steroid dienone is 6. The van der Waals surface area contributed by atoms with Gasteiger partial charge in [-0.3, -0.25) is 14.4 Å². The molecule has 0 saturated heterocycles. The molecule has 0 aromatic rings. The Morgan fingerprint density at radius 2 is 0.444 bits per heavy atom. The Bertz CT molecular complexity index is 1350. The summed E-state index contributed by atoms with van der Waals surface area (Å²) in [4.78, 5) is 38.3. The molecule has 0 N–H and O–H groups in total. The third-order valence-electron chi connectivity index (χ3n) is 16.6. The molecule has 1 unspecified atom stereocenters. The zero-order chi connectivity index (χ0) is 58.5. The molecule has 6 nitrogen and oxygen atoms in total. The largest absolute Gasteiger partial charge is 0.462 e. The molecule has 0 fully saturated rings. The summed E-state index contributed by atoms with van der Waals surface area (Å²) in [5.74, 6) is -0.859. The fourth-order valence-electron chi connectivity index (χ4n) is 11.2. The van der Waals surface area contributed by atoms with Crippen molar-refractivity contribution in [2.75, 3.05) is 13.2 Å². The number of esters is 3. The molecule has 0 radical (unpaired) electrons. The van der Waals surface area contributed by atoms with Crippen molar-refractivity contribution in [2.45, 2.75) is 412 Å². The lowest BCUT2D eigenvalue weighted by Crippen LogP contribution is -2.30. The Kier molecular flexibility index (Phi) is 68.1. The molecule has 0 bridgehead atoms. The van der Waals surface area contributed by atoms with Crippen molar-refractivity contribution in [2.24, 2.45) is 0 Å². The first-order chi connectivity index (χ1) is 40.0. The second-order valence-electron chi connectivity index (χ2n) is 24.9. The van der Waals surface area contributed by atoms with Gasteiger partial charge in [-0.05, 0) is 57.8 Å². The van der Waals surface area contributed by atoms with E-state index in [9.17, 15) is 14.4 Å². The Morgan fingerprint density at radius 3 is 0.716 bits per heavy atom. The summed E-state index contributed by atoms with van der Waals surface area (Å²) in [6, 6.07) is 0. The molecule has 6 heteroatoms. The van der Waals surface area contributed by atoms with Gasteiger partial charge in [-0.1, -0.05) is 365 Å². The van der Waals surface area contributed by atoms with E-state index in [0.717, 1.165) is 77.0 Å². The molecule has 0 aliphatic rings. The lowest BCUT2D eigenvalue weighted by Gasteiger charge is -2.18. The lowest BCUT2D eigenvalue weighted by atomic mass is 10.0. The van der Waals surface area contributed by atoms with Crippen LogP contribution in [0.5, 0.6) is 0 Å². The second kappa shape index (κ2) is 70.1. The van der Waals surface area contributed by atoms with E-state index in [1.165, 1.54) is 289 Å². The van der Waals surface area contributed by atoms with Crippen molar-refractivity contribution < 1.29 is 28.6 Å². The Balaban J connectivity index is 4.08.